The first-order valence-corrected chi connectivity index (χ1v) is 12.5. The van der Waals surface area contributed by atoms with Gasteiger partial charge in [-0.3, -0.25) is 4.79 Å². The maximum atomic E-state index is 15.2. The molecule has 13 heteroatoms. The van der Waals surface area contributed by atoms with E-state index in [2.05, 4.69) is 20.4 Å². The second-order valence-electron chi connectivity index (χ2n) is 9.86. The van der Waals surface area contributed by atoms with Crippen LogP contribution in [0.25, 0.3) is 10.2 Å². The van der Waals surface area contributed by atoms with Crippen LogP contribution in [0.4, 0.5) is 28.9 Å². The lowest BCUT2D eigenvalue weighted by atomic mass is 9.74. The predicted octanol–water partition coefficient (Wildman–Crippen LogP) is 3.37. The van der Waals surface area contributed by atoms with Crippen LogP contribution in [0.5, 0.6) is 11.5 Å². The second kappa shape index (κ2) is 8.35. The van der Waals surface area contributed by atoms with Gasteiger partial charge in [-0.05, 0) is 19.1 Å². The molecule has 1 amide bonds. The number of amides is 1. The Hall–Kier alpha value is -3.32. The second-order valence-corrected chi connectivity index (χ2v) is 10.9. The van der Waals surface area contributed by atoms with E-state index in [9.17, 15) is 18.0 Å². The number of nitrogens with zero attached hydrogens (tertiary/aromatic N) is 2. The number of carbonyl (C=O) groups excluding carboxylic acids is 1. The Bertz CT molecular complexity index is 1410. The molecule has 2 saturated heterocycles. The number of benzene rings is 1. The smallest absolute Gasteiger partial charge is 0.487 e. The first-order valence-electron chi connectivity index (χ1n) is 11.7. The van der Waals surface area contributed by atoms with Crippen molar-refractivity contribution in [2.24, 2.45) is 5.41 Å². The molecule has 3 aromatic rings. The van der Waals surface area contributed by atoms with Crippen molar-refractivity contribution in [3.8, 4) is 11.5 Å². The van der Waals surface area contributed by atoms with Gasteiger partial charge in [-0.1, -0.05) is 0 Å². The Morgan fingerprint density at radius 2 is 2.11 bits per heavy atom. The van der Waals surface area contributed by atoms with Crippen LogP contribution in [-0.2, 0) is 6.42 Å². The molecular formula is C24H23F4N5O3S. The quantitative estimate of drug-likeness (QED) is 0.439. The molecule has 1 unspecified atom stereocenters. The minimum Gasteiger partial charge on any atom is -0.487 e. The van der Waals surface area contributed by atoms with Crippen LogP contribution in [0.3, 0.4) is 0 Å². The van der Waals surface area contributed by atoms with E-state index in [1.807, 2.05) is 6.92 Å². The van der Waals surface area contributed by atoms with Gasteiger partial charge in [-0.2, -0.15) is 0 Å². The number of fused-ring (bicyclic) bond motifs is 2. The molecule has 4 N–H and O–H groups in total. The molecule has 1 atom stereocenters. The largest absolute Gasteiger partial charge is 0.573 e. The van der Waals surface area contributed by atoms with Crippen LogP contribution in [-0.4, -0.2) is 56.1 Å². The number of anilines is 2. The third kappa shape index (κ3) is 4.19. The van der Waals surface area contributed by atoms with Crippen molar-refractivity contribution >= 4 is 38.8 Å². The van der Waals surface area contributed by atoms with Crippen molar-refractivity contribution in [1.29, 1.82) is 0 Å². The van der Waals surface area contributed by atoms with Gasteiger partial charge < -0.3 is 30.7 Å². The van der Waals surface area contributed by atoms with Gasteiger partial charge in [-0.15, -0.1) is 24.5 Å². The number of hydrogen-bond donors (Lipinski definition) is 3. The number of nitrogen functional groups attached to an aromatic ring is 1. The molecule has 2 fully saturated rings. The fourth-order valence-electron chi connectivity index (χ4n) is 5.15. The highest BCUT2D eigenvalue weighted by atomic mass is 32.1. The number of pyridine rings is 1. The van der Waals surface area contributed by atoms with Crippen molar-refractivity contribution in [1.82, 2.24) is 15.6 Å². The normalized spacial score (nSPS) is 20.1. The molecule has 0 bridgehead atoms. The number of carbonyl (C=O) groups is 1. The topological polar surface area (TPSA) is 102 Å². The summed E-state index contributed by atoms with van der Waals surface area (Å²) in [7, 11) is 0. The number of ether oxygens (including phenoxy) is 2. The van der Waals surface area contributed by atoms with Gasteiger partial charge in [0.15, 0.2) is 11.5 Å². The molecule has 0 saturated carbocycles. The van der Waals surface area contributed by atoms with Crippen molar-refractivity contribution in [3.63, 3.8) is 0 Å². The Balaban J connectivity index is 1.26. The molecule has 3 aliphatic rings. The monoisotopic (exact) mass is 537 g/mol. The minimum absolute atomic E-state index is 0.000766. The first kappa shape index (κ1) is 24.0. The summed E-state index contributed by atoms with van der Waals surface area (Å²) < 4.78 is 65.2. The van der Waals surface area contributed by atoms with E-state index in [1.54, 1.807) is 17.0 Å². The van der Waals surface area contributed by atoms with Gasteiger partial charge in [-0.25, -0.2) is 9.37 Å². The van der Waals surface area contributed by atoms with E-state index >= 15 is 4.39 Å². The first-order chi connectivity index (χ1) is 17.5. The summed E-state index contributed by atoms with van der Waals surface area (Å²) in [6, 6.07) is 3.95. The van der Waals surface area contributed by atoms with Gasteiger partial charge >= 0.3 is 6.36 Å². The van der Waals surface area contributed by atoms with E-state index in [4.69, 9.17) is 10.5 Å². The standard InChI is InChI=1S/C24H23F4N5O3S/c1-11-2-3-13-17(29)20(37-22(13)31-11)21(34)32-12-4-14-15(25)5-16(33-9-23(10-33)7-30-8-23)19(18(14)35-6-12)36-24(26,27)28/h2-3,5,12,30H,4,6-10,29H2,1H3,(H,32,34). The number of hydrogen-bond acceptors (Lipinski definition) is 8. The number of nitrogens with two attached hydrogens (primary N) is 1. The van der Waals surface area contributed by atoms with E-state index in [1.165, 1.54) is 0 Å². The number of alkyl halides is 3. The number of aryl methyl sites for hydroxylation is 1. The van der Waals surface area contributed by atoms with Crippen molar-refractivity contribution < 1.29 is 31.8 Å². The highest BCUT2D eigenvalue weighted by molar-refractivity contribution is 7.21. The summed E-state index contributed by atoms with van der Waals surface area (Å²) in [5, 5.41) is 6.57. The van der Waals surface area contributed by atoms with Crippen molar-refractivity contribution in [3.05, 3.63) is 40.2 Å². The fraction of sp³-hybridized carbons (Fsp3) is 0.417. The fourth-order valence-corrected chi connectivity index (χ4v) is 6.20. The Kier molecular flexibility index (Phi) is 5.42. The van der Waals surface area contributed by atoms with E-state index in [-0.39, 0.29) is 46.0 Å². The van der Waals surface area contributed by atoms with Crippen LogP contribution in [0.1, 0.15) is 20.9 Å². The molecule has 8 nitrogen and oxygen atoms in total. The molecule has 1 aromatic carbocycles. The minimum atomic E-state index is -4.99. The number of nitrogens with one attached hydrogen (secondary N) is 2. The number of halogens is 4. The summed E-state index contributed by atoms with van der Waals surface area (Å²) in [5.74, 6) is -2.04. The Labute approximate surface area is 212 Å². The van der Waals surface area contributed by atoms with E-state index in [0.717, 1.165) is 36.2 Å². The van der Waals surface area contributed by atoms with Crippen LogP contribution < -0.4 is 30.7 Å². The maximum absolute atomic E-state index is 15.2. The molecule has 2 aromatic heterocycles. The van der Waals surface area contributed by atoms with Crippen LogP contribution in [0, 0.1) is 18.2 Å². The van der Waals surface area contributed by atoms with Gasteiger partial charge in [0, 0.05) is 60.7 Å². The maximum Gasteiger partial charge on any atom is 0.573 e. The predicted molar refractivity (Wildman–Crippen MR) is 130 cm³/mol. The third-order valence-electron chi connectivity index (χ3n) is 7.03. The van der Waals surface area contributed by atoms with Gasteiger partial charge in [0.25, 0.3) is 5.91 Å². The number of aromatic nitrogens is 1. The van der Waals surface area contributed by atoms with Crippen molar-refractivity contribution in [2.45, 2.75) is 25.7 Å². The Morgan fingerprint density at radius 1 is 1.35 bits per heavy atom. The zero-order valence-corrected chi connectivity index (χ0v) is 20.5. The molecule has 0 radical (unpaired) electrons. The molecule has 6 rings (SSSR count). The molecular weight excluding hydrogens is 514 g/mol. The van der Waals surface area contributed by atoms with Crippen LogP contribution >= 0.6 is 11.3 Å². The molecule has 1 spiro atoms. The SMILES string of the molecule is Cc1ccc2c(N)c(C(=O)NC3COc4c(c(F)cc(N5CC6(CNC6)C5)c4OC(F)(F)F)C3)sc2n1. The van der Waals surface area contributed by atoms with Crippen LogP contribution in [0.15, 0.2) is 18.2 Å². The molecule has 3 aliphatic heterocycles. The van der Waals surface area contributed by atoms with Crippen molar-refractivity contribution in [2.75, 3.05) is 43.4 Å². The zero-order valence-electron chi connectivity index (χ0n) is 19.7. The summed E-state index contributed by atoms with van der Waals surface area (Å²) in [5.41, 5.74) is 7.15. The van der Waals surface area contributed by atoms with E-state index in [0.29, 0.717) is 23.3 Å². The molecule has 37 heavy (non-hydrogen) atoms. The summed E-state index contributed by atoms with van der Waals surface area (Å²) >= 11 is 1.13. The lowest BCUT2D eigenvalue weighted by Gasteiger charge is -2.57. The number of thiophene rings is 1. The average molecular weight is 538 g/mol. The summed E-state index contributed by atoms with van der Waals surface area (Å²) in [6.07, 6.45) is -5.06. The van der Waals surface area contributed by atoms with Gasteiger partial charge in [0.05, 0.1) is 17.4 Å². The third-order valence-corrected chi connectivity index (χ3v) is 8.14. The molecule has 196 valence electrons. The van der Waals surface area contributed by atoms with Gasteiger partial charge in [0.1, 0.15) is 22.1 Å². The molecule has 0 aliphatic carbocycles. The van der Waals surface area contributed by atoms with E-state index < -0.39 is 29.9 Å². The van der Waals surface area contributed by atoms with Gasteiger partial charge in [0.2, 0.25) is 0 Å². The summed E-state index contributed by atoms with van der Waals surface area (Å²) in [4.78, 5) is 19.9. The zero-order chi connectivity index (χ0) is 26.1. The lowest BCUT2D eigenvalue weighted by Crippen LogP contribution is -2.71. The highest BCUT2D eigenvalue weighted by Crippen LogP contribution is 2.50. The highest BCUT2D eigenvalue weighted by Gasteiger charge is 2.49. The Morgan fingerprint density at radius 3 is 2.78 bits per heavy atom. The number of rotatable bonds is 4. The average Bonchev–Trinajstić information content (AvgIpc) is 3.09. The summed E-state index contributed by atoms with van der Waals surface area (Å²) in [6.45, 7) is 4.19. The van der Waals surface area contributed by atoms with Crippen LogP contribution in [0.2, 0.25) is 0 Å². The molecule has 5 heterocycles. The lowest BCUT2D eigenvalue weighted by molar-refractivity contribution is -0.275.